The maximum absolute atomic E-state index is 12.7. The summed E-state index contributed by atoms with van der Waals surface area (Å²) in [5, 5.41) is 3.74. The lowest BCUT2D eigenvalue weighted by atomic mass is 9.91. The highest BCUT2D eigenvalue weighted by atomic mass is 16.5. The smallest absolute Gasteiger partial charge is 0.339 e. The molecule has 7 heteroatoms. The molecular formula is C28H20N2O5. The van der Waals surface area contributed by atoms with Gasteiger partial charge in [-0.3, -0.25) is 0 Å². The Morgan fingerprint density at radius 3 is 2.31 bits per heavy atom. The van der Waals surface area contributed by atoms with Crippen LogP contribution in [-0.2, 0) is 11.3 Å². The largest absolute Gasteiger partial charge is 0.493 e. The van der Waals surface area contributed by atoms with E-state index in [2.05, 4.69) is 9.97 Å². The Balaban J connectivity index is 1.46. The van der Waals surface area contributed by atoms with E-state index in [0.29, 0.717) is 33.9 Å². The van der Waals surface area contributed by atoms with Crippen molar-refractivity contribution in [3.8, 4) is 34.4 Å². The highest BCUT2D eigenvalue weighted by molar-refractivity contribution is 6.11. The van der Waals surface area contributed by atoms with Crippen molar-refractivity contribution < 1.29 is 23.7 Å². The van der Waals surface area contributed by atoms with Crippen molar-refractivity contribution in [1.29, 1.82) is 0 Å². The van der Waals surface area contributed by atoms with Gasteiger partial charge in [0, 0.05) is 34.5 Å². The number of methoxy groups -OCH3 is 2. The van der Waals surface area contributed by atoms with Crippen LogP contribution in [0.5, 0.6) is 23.3 Å². The molecule has 0 atom stereocenters. The summed E-state index contributed by atoms with van der Waals surface area (Å²) in [6.07, 6.45) is 3.32. The Hall–Kier alpha value is -4.65. The molecule has 0 fully saturated rings. The molecule has 0 saturated carbocycles. The van der Waals surface area contributed by atoms with Crippen LogP contribution in [0.15, 0.2) is 73.1 Å². The number of cyclic esters (lactones) is 1. The van der Waals surface area contributed by atoms with Crippen LogP contribution in [-0.4, -0.2) is 30.2 Å². The summed E-state index contributed by atoms with van der Waals surface area (Å²) in [6.45, 7) is 0.217. The van der Waals surface area contributed by atoms with Gasteiger partial charge in [0.15, 0.2) is 11.5 Å². The first-order valence-electron chi connectivity index (χ1n) is 11.0. The van der Waals surface area contributed by atoms with Gasteiger partial charge in [-0.1, -0.05) is 36.4 Å². The van der Waals surface area contributed by atoms with Gasteiger partial charge < -0.3 is 18.9 Å². The molecule has 35 heavy (non-hydrogen) atoms. The molecule has 0 unspecified atom stereocenters. The molecule has 0 N–H and O–H groups in total. The molecule has 0 bridgehead atoms. The molecule has 172 valence electrons. The second-order valence-electron chi connectivity index (χ2n) is 8.12. The van der Waals surface area contributed by atoms with E-state index in [-0.39, 0.29) is 18.6 Å². The normalized spacial score (nSPS) is 12.5. The molecule has 0 spiro atoms. The number of ether oxygens (including phenoxy) is 4. The molecule has 0 saturated heterocycles. The van der Waals surface area contributed by atoms with Crippen LogP contribution < -0.4 is 14.2 Å². The third-order valence-corrected chi connectivity index (χ3v) is 6.16. The van der Waals surface area contributed by atoms with Crippen LogP contribution in [0.4, 0.5) is 0 Å². The fourth-order valence-electron chi connectivity index (χ4n) is 4.53. The first kappa shape index (κ1) is 20.9. The highest BCUT2D eigenvalue weighted by Crippen LogP contribution is 2.42. The SMILES string of the molecule is COc1cc2cc3c(c(-c4cnc(Oc5cccc6ccccc56)nc4)c2cc1OC)C(=O)OC3. The number of aromatic nitrogens is 2. The summed E-state index contributed by atoms with van der Waals surface area (Å²) in [5.41, 5.74) is 2.68. The van der Waals surface area contributed by atoms with Gasteiger partial charge in [0.25, 0.3) is 0 Å². The predicted octanol–water partition coefficient (Wildman–Crippen LogP) is 5.93. The Morgan fingerprint density at radius 1 is 0.771 bits per heavy atom. The number of carbonyl (C=O) groups excluding carboxylic acids is 1. The zero-order valence-electron chi connectivity index (χ0n) is 19.1. The van der Waals surface area contributed by atoms with Gasteiger partial charge in [0.1, 0.15) is 12.4 Å². The van der Waals surface area contributed by atoms with E-state index in [1.54, 1.807) is 26.6 Å². The van der Waals surface area contributed by atoms with Gasteiger partial charge in [-0.15, -0.1) is 0 Å². The summed E-state index contributed by atoms with van der Waals surface area (Å²) in [4.78, 5) is 21.6. The lowest BCUT2D eigenvalue weighted by Crippen LogP contribution is -2.01. The van der Waals surface area contributed by atoms with E-state index in [1.165, 1.54) is 0 Å². The maximum atomic E-state index is 12.7. The molecule has 0 aliphatic carbocycles. The lowest BCUT2D eigenvalue weighted by Gasteiger charge is -2.14. The van der Waals surface area contributed by atoms with E-state index in [9.17, 15) is 4.79 Å². The molecule has 6 rings (SSSR count). The Labute approximate surface area is 200 Å². The molecule has 4 aromatic carbocycles. The van der Waals surface area contributed by atoms with E-state index < -0.39 is 0 Å². The summed E-state index contributed by atoms with van der Waals surface area (Å²) in [5.74, 6) is 1.46. The highest BCUT2D eigenvalue weighted by Gasteiger charge is 2.28. The third kappa shape index (κ3) is 3.49. The van der Waals surface area contributed by atoms with Gasteiger partial charge >= 0.3 is 12.0 Å². The van der Waals surface area contributed by atoms with Crippen molar-refractivity contribution in [3.63, 3.8) is 0 Å². The van der Waals surface area contributed by atoms with E-state index in [0.717, 1.165) is 27.1 Å². The summed E-state index contributed by atoms with van der Waals surface area (Å²) in [6, 6.07) is 19.7. The first-order chi connectivity index (χ1) is 17.2. The first-order valence-corrected chi connectivity index (χ1v) is 11.0. The number of hydrogen-bond donors (Lipinski definition) is 0. The van der Waals surface area contributed by atoms with Crippen LogP contribution in [0.2, 0.25) is 0 Å². The zero-order valence-corrected chi connectivity index (χ0v) is 19.1. The van der Waals surface area contributed by atoms with Crippen molar-refractivity contribution in [1.82, 2.24) is 9.97 Å². The Morgan fingerprint density at radius 2 is 1.51 bits per heavy atom. The van der Waals surface area contributed by atoms with Crippen molar-refractivity contribution in [2.24, 2.45) is 0 Å². The van der Waals surface area contributed by atoms with E-state index in [4.69, 9.17) is 18.9 Å². The third-order valence-electron chi connectivity index (χ3n) is 6.16. The predicted molar refractivity (Wildman–Crippen MR) is 131 cm³/mol. The lowest BCUT2D eigenvalue weighted by molar-refractivity contribution is 0.0535. The average molecular weight is 464 g/mol. The number of benzene rings is 4. The van der Waals surface area contributed by atoms with Crippen molar-refractivity contribution in [2.45, 2.75) is 6.61 Å². The standard InChI is InChI=1S/C28H20N2O5/c1-32-23-11-17-10-18-15-34-27(31)26(18)25(21(17)12-24(23)33-2)19-13-29-28(30-14-19)35-22-9-5-7-16-6-3-4-8-20(16)22/h3-14H,15H2,1-2H3. The molecule has 1 aliphatic rings. The molecule has 1 aliphatic heterocycles. The monoisotopic (exact) mass is 464 g/mol. The number of fused-ring (bicyclic) bond motifs is 3. The minimum atomic E-state index is -0.372. The van der Waals surface area contributed by atoms with Crippen molar-refractivity contribution >= 4 is 27.5 Å². The molecule has 2 heterocycles. The molecule has 5 aromatic rings. The number of esters is 1. The summed E-state index contributed by atoms with van der Waals surface area (Å²) >= 11 is 0. The Kier molecular flexibility index (Phi) is 4.95. The van der Waals surface area contributed by atoms with Crippen molar-refractivity contribution in [3.05, 3.63) is 84.2 Å². The second-order valence-corrected chi connectivity index (χ2v) is 8.12. The fraction of sp³-hybridized carbons (Fsp3) is 0.107. The fourth-order valence-corrected chi connectivity index (χ4v) is 4.53. The van der Waals surface area contributed by atoms with Gasteiger partial charge in [-0.25, -0.2) is 14.8 Å². The molecular weight excluding hydrogens is 444 g/mol. The molecule has 0 radical (unpaired) electrons. The van der Waals surface area contributed by atoms with Crippen LogP contribution >= 0.6 is 0 Å². The summed E-state index contributed by atoms with van der Waals surface area (Å²) in [7, 11) is 3.17. The van der Waals surface area contributed by atoms with Gasteiger partial charge in [-0.05, 0) is 40.4 Å². The Bertz CT molecular complexity index is 1610. The summed E-state index contributed by atoms with van der Waals surface area (Å²) < 4.78 is 22.3. The van der Waals surface area contributed by atoms with Crippen LogP contribution in [0.3, 0.4) is 0 Å². The number of nitrogens with zero attached hydrogens (tertiary/aromatic N) is 2. The molecule has 7 nitrogen and oxygen atoms in total. The average Bonchev–Trinajstić information content (AvgIpc) is 3.27. The molecule has 1 aromatic heterocycles. The molecule has 0 amide bonds. The van der Waals surface area contributed by atoms with E-state index in [1.807, 2.05) is 60.7 Å². The van der Waals surface area contributed by atoms with Crippen LogP contribution in [0.25, 0.3) is 32.7 Å². The van der Waals surface area contributed by atoms with Gasteiger partial charge in [-0.2, -0.15) is 0 Å². The maximum Gasteiger partial charge on any atom is 0.339 e. The van der Waals surface area contributed by atoms with Crippen molar-refractivity contribution in [2.75, 3.05) is 14.2 Å². The minimum Gasteiger partial charge on any atom is -0.493 e. The van der Waals surface area contributed by atoms with Crippen LogP contribution in [0, 0.1) is 0 Å². The van der Waals surface area contributed by atoms with Gasteiger partial charge in [0.2, 0.25) is 0 Å². The second kappa shape index (κ2) is 8.29. The van der Waals surface area contributed by atoms with Crippen LogP contribution in [0.1, 0.15) is 15.9 Å². The number of carbonyl (C=O) groups is 1. The number of hydrogen-bond acceptors (Lipinski definition) is 7. The minimum absolute atomic E-state index is 0.212. The van der Waals surface area contributed by atoms with E-state index >= 15 is 0 Å². The quantitative estimate of drug-likeness (QED) is 0.298. The topological polar surface area (TPSA) is 79.8 Å². The zero-order chi connectivity index (χ0) is 23.9. The number of rotatable bonds is 5. The van der Waals surface area contributed by atoms with Gasteiger partial charge in [0.05, 0.1) is 19.8 Å².